The fourth-order valence-corrected chi connectivity index (χ4v) is 2.67. The fourth-order valence-electron chi connectivity index (χ4n) is 2.67. The molecular weight excluding hydrogens is 310 g/mol. The SMILES string of the molecule is Cc1cc2occ(CC(=O)NC(C(N)=O)C(N)=O)c2cc1C(C)C. The molecular formula is C17H21N3O4. The predicted octanol–water partition coefficient (Wildman–Crippen LogP) is 0.863. The Balaban J connectivity index is 2.26. The van der Waals surface area contributed by atoms with E-state index in [4.69, 9.17) is 15.9 Å². The van der Waals surface area contributed by atoms with E-state index >= 15 is 0 Å². The zero-order chi connectivity index (χ0) is 18.0. The second kappa shape index (κ2) is 6.74. The summed E-state index contributed by atoms with van der Waals surface area (Å²) >= 11 is 0. The van der Waals surface area contributed by atoms with Gasteiger partial charge in [0.25, 0.3) is 0 Å². The van der Waals surface area contributed by atoms with Crippen molar-refractivity contribution in [1.82, 2.24) is 5.32 Å². The van der Waals surface area contributed by atoms with Gasteiger partial charge in [0.2, 0.25) is 17.7 Å². The number of carbonyl (C=O) groups excluding carboxylic acids is 3. The zero-order valence-corrected chi connectivity index (χ0v) is 13.9. The van der Waals surface area contributed by atoms with Crippen LogP contribution in [0.25, 0.3) is 11.0 Å². The molecule has 0 bridgehead atoms. The average Bonchev–Trinajstić information content (AvgIpc) is 2.84. The molecule has 24 heavy (non-hydrogen) atoms. The second-order valence-electron chi connectivity index (χ2n) is 6.10. The van der Waals surface area contributed by atoms with E-state index in [1.807, 2.05) is 19.1 Å². The van der Waals surface area contributed by atoms with Gasteiger partial charge in [0.15, 0.2) is 6.04 Å². The van der Waals surface area contributed by atoms with E-state index in [2.05, 4.69) is 19.2 Å². The van der Waals surface area contributed by atoms with Gasteiger partial charge in [0.1, 0.15) is 5.58 Å². The summed E-state index contributed by atoms with van der Waals surface area (Å²) in [5.41, 5.74) is 13.7. The van der Waals surface area contributed by atoms with Crippen LogP contribution in [0.15, 0.2) is 22.8 Å². The van der Waals surface area contributed by atoms with Gasteiger partial charge in [0.05, 0.1) is 12.7 Å². The summed E-state index contributed by atoms with van der Waals surface area (Å²) in [6.07, 6.45) is 1.45. The summed E-state index contributed by atoms with van der Waals surface area (Å²) in [6.45, 7) is 6.18. The minimum atomic E-state index is -1.52. The summed E-state index contributed by atoms with van der Waals surface area (Å²) in [4.78, 5) is 34.4. The van der Waals surface area contributed by atoms with Gasteiger partial charge in [-0.2, -0.15) is 0 Å². The van der Waals surface area contributed by atoms with Gasteiger partial charge in [-0.15, -0.1) is 0 Å². The van der Waals surface area contributed by atoms with Crippen molar-refractivity contribution >= 4 is 28.7 Å². The van der Waals surface area contributed by atoms with Gasteiger partial charge in [-0.25, -0.2) is 0 Å². The Morgan fingerprint density at radius 1 is 1.17 bits per heavy atom. The van der Waals surface area contributed by atoms with Crippen LogP contribution < -0.4 is 16.8 Å². The molecule has 0 aliphatic heterocycles. The monoisotopic (exact) mass is 331 g/mol. The smallest absolute Gasteiger partial charge is 0.249 e. The number of rotatable bonds is 6. The maximum absolute atomic E-state index is 12.1. The highest BCUT2D eigenvalue weighted by atomic mass is 16.3. The van der Waals surface area contributed by atoms with Crippen LogP contribution in [-0.2, 0) is 20.8 Å². The van der Waals surface area contributed by atoms with E-state index in [9.17, 15) is 14.4 Å². The molecule has 1 aromatic heterocycles. The first-order valence-electron chi connectivity index (χ1n) is 7.59. The summed E-state index contributed by atoms with van der Waals surface area (Å²) in [5, 5.41) is 3.07. The molecule has 0 aliphatic carbocycles. The number of amides is 3. The van der Waals surface area contributed by atoms with Gasteiger partial charge >= 0.3 is 0 Å². The number of nitrogens with two attached hydrogens (primary N) is 2. The van der Waals surface area contributed by atoms with Crippen molar-refractivity contribution < 1.29 is 18.8 Å². The molecule has 0 saturated heterocycles. The molecule has 2 aromatic rings. The predicted molar refractivity (Wildman–Crippen MR) is 89.1 cm³/mol. The molecule has 0 atom stereocenters. The Morgan fingerprint density at radius 3 is 2.33 bits per heavy atom. The molecule has 0 fully saturated rings. The molecule has 2 rings (SSSR count). The summed E-state index contributed by atoms with van der Waals surface area (Å²) in [6, 6.07) is 2.41. The number of carbonyl (C=O) groups is 3. The van der Waals surface area contributed by atoms with E-state index < -0.39 is 23.8 Å². The molecule has 0 aliphatic rings. The zero-order valence-electron chi connectivity index (χ0n) is 13.9. The molecule has 7 heteroatoms. The van der Waals surface area contributed by atoms with Gasteiger partial charge in [-0.1, -0.05) is 13.8 Å². The van der Waals surface area contributed by atoms with Gasteiger partial charge in [-0.3, -0.25) is 14.4 Å². The van der Waals surface area contributed by atoms with E-state index in [-0.39, 0.29) is 6.42 Å². The molecule has 0 saturated carbocycles. The Hall–Kier alpha value is -2.83. The van der Waals surface area contributed by atoms with E-state index in [1.165, 1.54) is 6.26 Å². The summed E-state index contributed by atoms with van der Waals surface area (Å²) in [7, 11) is 0. The second-order valence-corrected chi connectivity index (χ2v) is 6.10. The first-order chi connectivity index (χ1) is 11.2. The Bertz CT molecular complexity index is 794. The van der Waals surface area contributed by atoms with Crippen molar-refractivity contribution in [2.75, 3.05) is 0 Å². The molecule has 1 heterocycles. The highest BCUT2D eigenvalue weighted by Gasteiger charge is 2.24. The van der Waals surface area contributed by atoms with Gasteiger partial charge in [-0.05, 0) is 36.1 Å². The number of hydrogen-bond donors (Lipinski definition) is 3. The first kappa shape index (κ1) is 17.5. The van der Waals surface area contributed by atoms with Crippen molar-refractivity contribution in [3.8, 4) is 0 Å². The third-order valence-electron chi connectivity index (χ3n) is 3.89. The molecule has 1 aromatic carbocycles. The van der Waals surface area contributed by atoms with E-state index in [1.54, 1.807) is 0 Å². The van der Waals surface area contributed by atoms with Crippen LogP contribution in [0.5, 0.6) is 0 Å². The van der Waals surface area contributed by atoms with Gasteiger partial charge < -0.3 is 21.2 Å². The third-order valence-corrected chi connectivity index (χ3v) is 3.89. The minimum Gasteiger partial charge on any atom is -0.464 e. The third kappa shape index (κ3) is 3.56. The van der Waals surface area contributed by atoms with Gasteiger partial charge in [0, 0.05) is 10.9 Å². The highest BCUT2D eigenvalue weighted by Crippen LogP contribution is 2.29. The number of furan rings is 1. The standard InChI is InChI=1S/C17H21N3O4/c1-8(2)11-6-12-10(7-24-13(12)4-9(11)3)5-14(21)20-15(16(18)22)17(19)23/h4,6-8,15H,5H2,1-3H3,(H2,18,22)(H2,19,23)(H,20,21). The maximum Gasteiger partial charge on any atom is 0.249 e. The van der Waals surface area contributed by atoms with Crippen molar-refractivity contribution in [1.29, 1.82) is 0 Å². The lowest BCUT2D eigenvalue weighted by Crippen LogP contribution is -2.52. The van der Waals surface area contributed by atoms with E-state index in [0.717, 1.165) is 16.5 Å². The number of nitrogens with one attached hydrogen (secondary N) is 1. The number of fused-ring (bicyclic) bond motifs is 1. The van der Waals surface area contributed by atoms with Crippen LogP contribution in [0.4, 0.5) is 0 Å². The number of primary amides is 2. The van der Waals surface area contributed by atoms with Crippen molar-refractivity contribution in [3.05, 3.63) is 35.1 Å². The van der Waals surface area contributed by atoms with Crippen LogP contribution >= 0.6 is 0 Å². The topological polar surface area (TPSA) is 128 Å². The summed E-state index contributed by atoms with van der Waals surface area (Å²) < 4.78 is 5.50. The van der Waals surface area contributed by atoms with Crippen molar-refractivity contribution in [3.63, 3.8) is 0 Å². The van der Waals surface area contributed by atoms with Crippen molar-refractivity contribution in [2.45, 2.75) is 39.2 Å². The van der Waals surface area contributed by atoms with Crippen LogP contribution in [0.1, 0.15) is 36.5 Å². The Morgan fingerprint density at radius 2 is 1.79 bits per heavy atom. The molecule has 0 radical (unpaired) electrons. The van der Waals surface area contributed by atoms with Crippen LogP contribution in [-0.4, -0.2) is 23.8 Å². The molecule has 5 N–H and O–H groups in total. The molecule has 3 amide bonds. The fraction of sp³-hybridized carbons (Fsp3) is 0.353. The average molecular weight is 331 g/mol. The molecule has 0 unspecified atom stereocenters. The highest BCUT2D eigenvalue weighted by molar-refractivity contribution is 6.06. The lowest BCUT2D eigenvalue weighted by molar-refractivity contribution is -0.133. The van der Waals surface area contributed by atoms with Crippen molar-refractivity contribution in [2.24, 2.45) is 11.5 Å². The first-order valence-corrected chi connectivity index (χ1v) is 7.59. The Kier molecular flexibility index (Phi) is 4.92. The maximum atomic E-state index is 12.1. The van der Waals surface area contributed by atoms with E-state index in [0.29, 0.717) is 17.1 Å². The lowest BCUT2D eigenvalue weighted by atomic mass is 9.95. The number of aryl methyl sites for hydroxylation is 1. The quantitative estimate of drug-likeness (QED) is 0.678. The Labute approximate surface area is 139 Å². The summed E-state index contributed by atoms with van der Waals surface area (Å²) in [5.74, 6) is -2.19. The van der Waals surface area contributed by atoms with Crippen LogP contribution in [0, 0.1) is 6.92 Å². The van der Waals surface area contributed by atoms with Crippen LogP contribution in [0.2, 0.25) is 0 Å². The van der Waals surface area contributed by atoms with Crippen LogP contribution in [0.3, 0.4) is 0 Å². The normalized spacial score (nSPS) is 11.2. The molecule has 7 nitrogen and oxygen atoms in total. The molecule has 0 spiro atoms. The lowest BCUT2D eigenvalue weighted by Gasteiger charge is -2.12. The molecule has 128 valence electrons. The number of hydrogen-bond acceptors (Lipinski definition) is 4. The largest absolute Gasteiger partial charge is 0.464 e. The minimum absolute atomic E-state index is 0.0509. The number of benzene rings is 1.